The number of halogens is 3. The van der Waals surface area contributed by atoms with Gasteiger partial charge in [0.05, 0.1) is 12.2 Å². The number of aromatic carboxylic acids is 1. The maximum Gasteiger partial charge on any atom is 0.573 e. The molecule has 1 N–H and O–H groups in total. The van der Waals surface area contributed by atoms with Crippen LogP contribution in [0.4, 0.5) is 24.5 Å². The lowest BCUT2D eigenvalue weighted by molar-refractivity contribution is -0.274. The van der Waals surface area contributed by atoms with Gasteiger partial charge in [-0.15, -0.1) is 13.2 Å². The van der Waals surface area contributed by atoms with Crippen LogP contribution in [0, 0.1) is 0 Å². The van der Waals surface area contributed by atoms with Gasteiger partial charge < -0.3 is 19.5 Å². The molecule has 1 aromatic heterocycles. The average molecular weight is 472 g/mol. The molecule has 0 fully saturated rings. The van der Waals surface area contributed by atoms with Crippen LogP contribution in [-0.2, 0) is 6.42 Å². The van der Waals surface area contributed by atoms with Crippen LogP contribution < -0.4 is 14.4 Å². The molecule has 9 heteroatoms. The minimum Gasteiger partial charge on any atom is -0.493 e. The first-order valence-corrected chi connectivity index (χ1v) is 10.7. The highest BCUT2D eigenvalue weighted by Gasteiger charge is 2.31. The standard InChI is InChI=1S/C25H23F3N2O4/c1-30(18-4-7-20(8-5-18)34-25(26,27)28)19-6-9-21-16(11-13-33-23(21)14-19)2-3-17-15-29-12-10-22(17)24(31)32/h4-10,12,14-16H,2-3,11,13H2,1H3,(H,31,32)/t16-/m1/s1. The number of alkyl halides is 3. The molecule has 1 aliphatic heterocycles. The van der Waals surface area contributed by atoms with Crippen LogP contribution in [0.15, 0.2) is 60.9 Å². The zero-order valence-electron chi connectivity index (χ0n) is 18.4. The number of carboxylic acids is 1. The average Bonchev–Trinajstić information content (AvgIpc) is 2.81. The number of ether oxygens (including phenoxy) is 2. The number of benzene rings is 2. The van der Waals surface area contributed by atoms with Crippen molar-refractivity contribution in [3.63, 3.8) is 0 Å². The second-order valence-electron chi connectivity index (χ2n) is 8.03. The van der Waals surface area contributed by atoms with Crippen LogP contribution in [-0.4, -0.2) is 36.1 Å². The van der Waals surface area contributed by atoms with Gasteiger partial charge in [-0.2, -0.15) is 0 Å². The zero-order valence-corrected chi connectivity index (χ0v) is 18.4. The number of fused-ring (bicyclic) bond motifs is 1. The van der Waals surface area contributed by atoms with Crippen LogP contribution in [0.2, 0.25) is 0 Å². The Kier molecular flexibility index (Phi) is 6.63. The Balaban J connectivity index is 1.48. The Morgan fingerprint density at radius 1 is 1.18 bits per heavy atom. The molecule has 0 bridgehead atoms. The quantitative estimate of drug-likeness (QED) is 0.459. The highest BCUT2D eigenvalue weighted by molar-refractivity contribution is 5.89. The molecule has 0 aliphatic carbocycles. The van der Waals surface area contributed by atoms with Gasteiger partial charge in [-0.1, -0.05) is 6.07 Å². The molecule has 2 heterocycles. The van der Waals surface area contributed by atoms with E-state index in [0.29, 0.717) is 24.3 Å². The molecule has 0 spiro atoms. The van der Waals surface area contributed by atoms with Gasteiger partial charge in [0, 0.05) is 36.9 Å². The summed E-state index contributed by atoms with van der Waals surface area (Å²) in [5, 5.41) is 9.39. The Bertz CT molecular complexity index is 1170. The number of aromatic nitrogens is 1. The van der Waals surface area contributed by atoms with Gasteiger partial charge in [0.1, 0.15) is 11.5 Å². The van der Waals surface area contributed by atoms with Gasteiger partial charge in [-0.05, 0) is 72.7 Å². The maximum absolute atomic E-state index is 12.4. The van der Waals surface area contributed by atoms with Crippen molar-refractivity contribution in [3.05, 3.63) is 77.6 Å². The Hall–Kier alpha value is -3.75. The van der Waals surface area contributed by atoms with E-state index < -0.39 is 12.3 Å². The fourth-order valence-corrected chi connectivity index (χ4v) is 4.15. The van der Waals surface area contributed by atoms with Crippen molar-refractivity contribution in [3.8, 4) is 11.5 Å². The molecule has 0 radical (unpaired) electrons. The van der Waals surface area contributed by atoms with E-state index in [1.807, 2.05) is 30.1 Å². The third kappa shape index (κ3) is 5.41. The third-order valence-corrected chi connectivity index (χ3v) is 5.90. The highest BCUT2D eigenvalue weighted by atomic mass is 19.4. The molecule has 4 rings (SSSR count). The summed E-state index contributed by atoms with van der Waals surface area (Å²) in [4.78, 5) is 17.4. The first-order chi connectivity index (χ1) is 16.2. The van der Waals surface area contributed by atoms with Crippen LogP contribution in [0.3, 0.4) is 0 Å². The molecule has 6 nitrogen and oxygen atoms in total. The molecule has 3 aromatic rings. The van der Waals surface area contributed by atoms with E-state index >= 15 is 0 Å². The lowest BCUT2D eigenvalue weighted by atomic mass is 9.87. The number of carboxylic acid groups (broad SMARTS) is 1. The van der Waals surface area contributed by atoms with Gasteiger partial charge in [0.15, 0.2) is 0 Å². The molecule has 2 aromatic carbocycles. The topological polar surface area (TPSA) is 71.9 Å². The van der Waals surface area contributed by atoms with E-state index in [4.69, 9.17) is 4.74 Å². The summed E-state index contributed by atoms with van der Waals surface area (Å²) in [5.74, 6) is -0.276. The molecule has 0 saturated heterocycles. The van der Waals surface area contributed by atoms with E-state index in [0.717, 1.165) is 29.8 Å². The highest BCUT2D eigenvalue weighted by Crippen LogP contribution is 2.40. The molecule has 178 valence electrons. The molecule has 0 unspecified atom stereocenters. The van der Waals surface area contributed by atoms with Crippen molar-refractivity contribution in [1.82, 2.24) is 4.98 Å². The van der Waals surface area contributed by atoms with E-state index in [1.165, 1.54) is 24.4 Å². The smallest absolute Gasteiger partial charge is 0.493 e. The molecule has 0 saturated carbocycles. The van der Waals surface area contributed by atoms with Crippen molar-refractivity contribution in [2.45, 2.75) is 31.5 Å². The van der Waals surface area contributed by atoms with Crippen LogP contribution in [0.5, 0.6) is 11.5 Å². The molecular formula is C25H23F3N2O4. The summed E-state index contributed by atoms with van der Waals surface area (Å²) in [7, 11) is 1.82. The molecule has 1 aliphatic rings. The second kappa shape index (κ2) is 9.62. The normalized spacial score (nSPS) is 15.2. The number of hydrogen-bond acceptors (Lipinski definition) is 5. The largest absolute Gasteiger partial charge is 0.573 e. The van der Waals surface area contributed by atoms with Crippen LogP contribution >= 0.6 is 0 Å². The first kappa shape index (κ1) is 23.4. The van der Waals surface area contributed by atoms with Gasteiger partial charge in [-0.3, -0.25) is 4.98 Å². The summed E-state index contributed by atoms with van der Waals surface area (Å²) < 4.78 is 47.0. The maximum atomic E-state index is 12.4. The first-order valence-electron chi connectivity index (χ1n) is 10.7. The minimum absolute atomic E-state index is 0.212. The van der Waals surface area contributed by atoms with Gasteiger partial charge in [0.2, 0.25) is 0 Å². The number of pyridine rings is 1. The van der Waals surface area contributed by atoms with Crippen molar-refractivity contribution < 1.29 is 32.5 Å². The minimum atomic E-state index is -4.73. The lowest BCUT2D eigenvalue weighted by Gasteiger charge is -2.28. The zero-order chi connectivity index (χ0) is 24.3. The van der Waals surface area contributed by atoms with Gasteiger partial charge in [-0.25, -0.2) is 4.79 Å². The third-order valence-electron chi connectivity index (χ3n) is 5.90. The number of anilines is 2. The van der Waals surface area contributed by atoms with Crippen molar-refractivity contribution in [2.75, 3.05) is 18.6 Å². The summed E-state index contributed by atoms with van der Waals surface area (Å²) in [6, 6.07) is 13.0. The van der Waals surface area contributed by atoms with E-state index in [1.54, 1.807) is 18.3 Å². The van der Waals surface area contributed by atoms with Crippen LogP contribution in [0.25, 0.3) is 0 Å². The summed E-state index contributed by atoms with van der Waals surface area (Å²) >= 11 is 0. The predicted octanol–water partition coefficient (Wildman–Crippen LogP) is 5.95. The second-order valence-corrected chi connectivity index (χ2v) is 8.03. The summed E-state index contributed by atoms with van der Waals surface area (Å²) in [6.45, 7) is 0.549. The molecular weight excluding hydrogens is 449 g/mol. The van der Waals surface area contributed by atoms with Gasteiger partial charge in [0.25, 0.3) is 0 Å². The van der Waals surface area contributed by atoms with E-state index in [2.05, 4.69) is 9.72 Å². The van der Waals surface area contributed by atoms with Crippen molar-refractivity contribution in [2.24, 2.45) is 0 Å². The van der Waals surface area contributed by atoms with Crippen molar-refractivity contribution >= 4 is 17.3 Å². The Morgan fingerprint density at radius 2 is 1.91 bits per heavy atom. The summed E-state index contributed by atoms with van der Waals surface area (Å²) in [5.41, 5.74) is 3.55. The monoisotopic (exact) mass is 472 g/mol. The van der Waals surface area contributed by atoms with Gasteiger partial charge >= 0.3 is 12.3 Å². The van der Waals surface area contributed by atoms with Crippen molar-refractivity contribution in [1.29, 1.82) is 0 Å². The van der Waals surface area contributed by atoms with Crippen LogP contribution in [0.1, 0.15) is 40.2 Å². The number of nitrogens with zero attached hydrogens (tertiary/aromatic N) is 2. The summed E-state index contributed by atoms with van der Waals surface area (Å²) in [6.07, 6.45) is 0.529. The van der Waals surface area contributed by atoms with E-state index in [9.17, 15) is 23.1 Å². The Labute approximate surface area is 194 Å². The number of carbonyl (C=O) groups is 1. The lowest BCUT2D eigenvalue weighted by Crippen LogP contribution is -2.17. The predicted molar refractivity (Wildman–Crippen MR) is 120 cm³/mol. The fraction of sp³-hybridized carbons (Fsp3) is 0.280. The SMILES string of the molecule is CN(c1ccc(OC(F)(F)F)cc1)c1ccc2c(c1)OCC[C@H]2CCc1cnccc1C(=O)O. The molecule has 34 heavy (non-hydrogen) atoms. The Morgan fingerprint density at radius 3 is 2.62 bits per heavy atom. The number of aryl methyl sites for hydroxylation is 1. The van der Waals surface area contributed by atoms with E-state index in [-0.39, 0.29) is 17.2 Å². The fourth-order valence-electron chi connectivity index (χ4n) is 4.15. The number of rotatable bonds is 7. The number of hydrogen-bond donors (Lipinski definition) is 1. The molecule has 1 atom stereocenters. The molecule has 0 amide bonds.